The summed E-state index contributed by atoms with van der Waals surface area (Å²) >= 11 is 0. The van der Waals surface area contributed by atoms with Crippen molar-refractivity contribution in [2.45, 2.75) is 6.18 Å². The number of benzene rings is 1. The highest BCUT2D eigenvalue weighted by Crippen LogP contribution is 2.34. The minimum Gasteiger partial charge on any atom is -0.491 e. The largest absolute Gasteiger partial charge is 0.491 e. The summed E-state index contributed by atoms with van der Waals surface area (Å²) in [5.41, 5.74) is -2.67. The molecule has 1 aromatic carbocycles. The van der Waals surface area contributed by atoms with Crippen LogP contribution in [0, 0.1) is 5.82 Å². The summed E-state index contributed by atoms with van der Waals surface area (Å²) < 4.78 is 56.8. The zero-order chi connectivity index (χ0) is 19.1. The van der Waals surface area contributed by atoms with E-state index in [-0.39, 0.29) is 17.1 Å². The molecule has 3 rings (SSSR count). The third-order valence-corrected chi connectivity index (χ3v) is 3.53. The van der Waals surface area contributed by atoms with Crippen molar-refractivity contribution in [3.8, 4) is 0 Å². The number of halogens is 4. The Morgan fingerprint density at radius 3 is 2.23 bits per heavy atom. The van der Waals surface area contributed by atoms with Crippen molar-refractivity contribution < 1.29 is 31.9 Å². The van der Waals surface area contributed by atoms with E-state index in [1.807, 2.05) is 0 Å². The first-order valence-corrected chi connectivity index (χ1v) is 7.06. The number of nitrogens with one attached hydrogen (secondary N) is 1. The van der Waals surface area contributed by atoms with E-state index in [9.17, 15) is 27.2 Å². The van der Waals surface area contributed by atoms with Crippen LogP contribution < -0.4 is 5.32 Å². The number of rotatable bonds is 3. The van der Waals surface area contributed by atoms with Crippen molar-refractivity contribution in [2.24, 2.45) is 0 Å². The number of carbonyl (C=O) groups excluding carboxylic acids is 2. The van der Waals surface area contributed by atoms with Gasteiger partial charge in [-0.15, -0.1) is 0 Å². The predicted molar refractivity (Wildman–Crippen MR) is 79.8 cm³/mol. The van der Waals surface area contributed by atoms with Crippen LogP contribution >= 0.6 is 0 Å². The second kappa shape index (κ2) is 6.21. The molecule has 2 aromatic rings. The molecule has 0 unspecified atom stereocenters. The number of ketones is 2. The molecule has 0 aliphatic heterocycles. The SMILES string of the molecule is COC1=C(Nc2ccc(F)c(C(F)(F)F)c2)C(=O)c2nccnc2C1=O. The molecule has 0 amide bonds. The second-order valence-electron chi connectivity index (χ2n) is 5.14. The van der Waals surface area contributed by atoms with E-state index in [1.54, 1.807) is 0 Å². The van der Waals surface area contributed by atoms with Gasteiger partial charge >= 0.3 is 6.18 Å². The molecule has 0 spiro atoms. The van der Waals surface area contributed by atoms with Gasteiger partial charge in [-0.05, 0) is 18.2 Å². The number of carbonyl (C=O) groups is 2. The molecular weight excluding hydrogens is 358 g/mol. The van der Waals surface area contributed by atoms with Crippen LogP contribution in [0.1, 0.15) is 26.5 Å². The first-order valence-electron chi connectivity index (χ1n) is 7.06. The lowest BCUT2D eigenvalue weighted by Crippen LogP contribution is -2.29. The molecule has 0 atom stereocenters. The summed E-state index contributed by atoms with van der Waals surface area (Å²) in [6.45, 7) is 0. The fourth-order valence-corrected chi connectivity index (χ4v) is 2.39. The smallest absolute Gasteiger partial charge is 0.419 e. The number of Topliss-reactive ketones (excluding diaryl/α,β-unsaturated/α-hetero) is 2. The van der Waals surface area contributed by atoms with Crippen molar-refractivity contribution in [3.63, 3.8) is 0 Å². The maximum absolute atomic E-state index is 13.4. The molecule has 1 aliphatic rings. The highest BCUT2D eigenvalue weighted by atomic mass is 19.4. The summed E-state index contributed by atoms with van der Waals surface area (Å²) in [6.07, 6.45) is -2.52. The van der Waals surface area contributed by atoms with Crippen molar-refractivity contribution in [1.29, 1.82) is 0 Å². The van der Waals surface area contributed by atoms with Crippen LogP contribution in [0.5, 0.6) is 0 Å². The summed E-state index contributed by atoms with van der Waals surface area (Å²) in [6, 6.07) is 2.08. The summed E-state index contributed by atoms with van der Waals surface area (Å²) in [5.74, 6) is -3.44. The van der Waals surface area contributed by atoms with Crippen LogP contribution in [0.15, 0.2) is 42.0 Å². The molecule has 26 heavy (non-hydrogen) atoms. The third-order valence-electron chi connectivity index (χ3n) is 3.53. The van der Waals surface area contributed by atoms with Crippen molar-refractivity contribution >= 4 is 17.3 Å². The molecule has 1 N–H and O–H groups in total. The Morgan fingerprint density at radius 1 is 1.04 bits per heavy atom. The normalized spacial score (nSPS) is 14.3. The van der Waals surface area contributed by atoms with Gasteiger partial charge in [-0.3, -0.25) is 9.59 Å². The van der Waals surface area contributed by atoms with Crippen LogP contribution in [0.4, 0.5) is 23.2 Å². The Balaban J connectivity index is 2.07. The van der Waals surface area contributed by atoms with Gasteiger partial charge in [0, 0.05) is 18.1 Å². The molecule has 134 valence electrons. The van der Waals surface area contributed by atoms with Gasteiger partial charge in [0.2, 0.25) is 5.78 Å². The van der Waals surface area contributed by atoms with Crippen LogP contribution in [-0.2, 0) is 10.9 Å². The van der Waals surface area contributed by atoms with Crippen molar-refractivity contribution in [1.82, 2.24) is 9.97 Å². The molecule has 0 saturated carbocycles. The van der Waals surface area contributed by atoms with E-state index in [1.165, 1.54) is 12.4 Å². The van der Waals surface area contributed by atoms with Gasteiger partial charge in [-0.1, -0.05) is 0 Å². The predicted octanol–water partition coefficient (Wildman–Crippen LogP) is 2.98. The van der Waals surface area contributed by atoms with Gasteiger partial charge in [0.1, 0.15) is 22.9 Å². The number of hydrogen-bond donors (Lipinski definition) is 1. The van der Waals surface area contributed by atoms with Gasteiger partial charge in [0.05, 0.1) is 12.7 Å². The van der Waals surface area contributed by atoms with Gasteiger partial charge in [0.15, 0.2) is 5.76 Å². The Kier molecular flexibility index (Phi) is 4.18. The molecule has 0 fully saturated rings. The van der Waals surface area contributed by atoms with Gasteiger partial charge < -0.3 is 10.1 Å². The lowest BCUT2D eigenvalue weighted by molar-refractivity contribution is -0.139. The number of alkyl halides is 3. The zero-order valence-electron chi connectivity index (χ0n) is 13.0. The standard InChI is InChI=1S/C16H9F4N3O3/c1-26-15-12(13(24)10-11(14(15)25)22-5-4-21-10)23-7-2-3-9(17)8(6-7)16(18,19)20/h2-6,23H,1H3. The maximum Gasteiger partial charge on any atom is 0.419 e. The average Bonchev–Trinajstić information content (AvgIpc) is 2.60. The monoisotopic (exact) mass is 367 g/mol. The van der Waals surface area contributed by atoms with E-state index >= 15 is 0 Å². The number of hydrogen-bond acceptors (Lipinski definition) is 6. The van der Waals surface area contributed by atoms with Crippen LogP contribution in [0.25, 0.3) is 0 Å². The lowest BCUT2D eigenvalue weighted by Gasteiger charge is -2.20. The Morgan fingerprint density at radius 2 is 1.65 bits per heavy atom. The second-order valence-corrected chi connectivity index (χ2v) is 5.14. The van der Waals surface area contributed by atoms with E-state index in [0.29, 0.717) is 12.1 Å². The number of nitrogens with zero attached hydrogens (tertiary/aromatic N) is 2. The Hall–Kier alpha value is -3.30. The number of methoxy groups -OCH3 is 1. The lowest BCUT2D eigenvalue weighted by atomic mass is 9.99. The minimum absolute atomic E-state index is 0.227. The molecule has 6 nitrogen and oxygen atoms in total. The average molecular weight is 367 g/mol. The molecule has 10 heteroatoms. The Bertz CT molecular complexity index is 954. The third kappa shape index (κ3) is 2.89. The first-order chi connectivity index (χ1) is 12.2. The number of allylic oxidation sites excluding steroid dienone is 2. The number of ether oxygens (including phenoxy) is 1. The molecule has 0 bridgehead atoms. The van der Waals surface area contributed by atoms with Crippen molar-refractivity contribution in [2.75, 3.05) is 12.4 Å². The molecule has 1 aliphatic carbocycles. The van der Waals surface area contributed by atoms with Crippen LogP contribution in [-0.4, -0.2) is 28.6 Å². The highest BCUT2D eigenvalue weighted by Gasteiger charge is 2.37. The number of aromatic nitrogens is 2. The molecule has 1 aromatic heterocycles. The fourth-order valence-electron chi connectivity index (χ4n) is 2.39. The minimum atomic E-state index is -4.93. The van der Waals surface area contributed by atoms with Gasteiger partial charge in [-0.2, -0.15) is 13.2 Å². The summed E-state index contributed by atoms with van der Waals surface area (Å²) in [7, 11) is 1.12. The first kappa shape index (κ1) is 17.5. The number of anilines is 1. The highest BCUT2D eigenvalue weighted by molar-refractivity contribution is 6.25. The van der Waals surface area contributed by atoms with E-state index in [4.69, 9.17) is 4.74 Å². The van der Waals surface area contributed by atoms with Crippen molar-refractivity contribution in [3.05, 3.63) is 64.8 Å². The summed E-state index contributed by atoms with van der Waals surface area (Å²) in [5, 5.41) is 2.39. The Labute approximate surface area is 143 Å². The van der Waals surface area contributed by atoms with Crippen LogP contribution in [0.2, 0.25) is 0 Å². The van der Waals surface area contributed by atoms with E-state index in [0.717, 1.165) is 13.2 Å². The van der Waals surface area contributed by atoms with Gasteiger partial charge in [-0.25, -0.2) is 14.4 Å². The molecule has 0 radical (unpaired) electrons. The summed E-state index contributed by atoms with van der Waals surface area (Å²) in [4.78, 5) is 32.4. The zero-order valence-corrected chi connectivity index (χ0v) is 13.0. The fraction of sp³-hybridized carbons (Fsp3) is 0.125. The maximum atomic E-state index is 13.4. The molecule has 0 saturated heterocycles. The topological polar surface area (TPSA) is 81.2 Å². The van der Waals surface area contributed by atoms with Gasteiger partial charge in [0.25, 0.3) is 5.78 Å². The van der Waals surface area contributed by atoms with Crippen LogP contribution in [0.3, 0.4) is 0 Å². The molecular formula is C16H9F4N3O3. The van der Waals surface area contributed by atoms with E-state index in [2.05, 4.69) is 15.3 Å². The number of fused-ring (bicyclic) bond motifs is 1. The molecule has 1 heterocycles. The van der Waals surface area contributed by atoms with E-state index < -0.39 is 40.6 Å². The quantitative estimate of drug-likeness (QED) is 0.840.